The van der Waals surface area contributed by atoms with Crippen molar-refractivity contribution in [3.63, 3.8) is 0 Å². The third-order valence-electron chi connectivity index (χ3n) is 3.53. The van der Waals surface area contributed by atoms with Crippen LogP contribution in [0.4, 0.5) is 13.2 Å². The van der Waals surface area contributed by atoms with E-state index < -0.39 is 17.7 Å². The summed E-state index contributed by atoms with van der Waals surface area (Å²) >= 11 is 0. The third kappa shape index (κ3) is 3.55. The van der Waals surface area contributed by atoms with Crippen molar-refractivity contribution < 1.29 is 27.4 Å². The Labute approximate surface area is 140 Å². The molecule has 0 N–H and O–H groups in total. The van der Waals surface area contributed by atoms with Gasteiger partial charge in [-0.3, -0.25) is 4.98 Å². The molecule has 128 valence electrons. The number of halogens is 3. The van der Waals surface area contributed by atoms with Gasteiger partial charge in [0, 0.05) is 11.6 Å². The van der Waals surface area contributed by atoms with Crippen LogP contribution in [0.25, 0.3) is 10.9 Å². The molecule has 3 aromatic rings. The van der Waals surface area contributed by atoms with Gasteiger partial charge in [0.1, 0.15) is 11.5 Å². The van der Waals surface area contributed by atoms with E-state index in [9.17, 15) is 18.0 Å². The zero-order valence-electron chi connectivity index (χ0n) is 13.0. The summed E-state index contributed by atoms with van der Waals surface area (Å²) in [5.74, 6) is 0.191. The molecule has 3 rings (SSSR count). The van der Waals surface area contributed by atoms with Crippen LogP contribution in [0.5, 0.6) is 11.5 Å². The van der Waals surface area contributed by atoms with E-state index in [0.717, 1.165) is 12.1 Å². The first-order chi connectivity index (χ1) is 11.9. The number of pyridine rings is 1. The summed E-state index contributed by atoms with van der Waals surface area (Å²) in [6, 6.07) is 10.8. The number of ether oxygens (including phenoxy) is 2. The Morgan fingerprint density at radius 1 is 1.04 bits per heavy atom. The van der Waals surface area contributed by atoms with Crippen LogP contribution in [0, 0.1) is 0 Å². The van der Waals surface area contributed by atoms with Gasteiger partial charge in [0.05, 0.1) is 23.8 Å². The van der Waals surface area contributed by atoms with E-state index in [1.165, 1.54) is 25.4 Å². The fraction of sp³-hybridized carbons (Fsp3) is 0.111. The maximum absolute atomic E-state index is 12.6. The fourth-order valence-corrected chi connectivity index (χ4v) is 2.29. The van der Waals surface area contributed by atoms with Crippen molar-refractivity contribution in [3.8, 4) is 11.5 Å². The first kappa shape index (κ1) is 16.8. The summed E-state index contributed by atoms with van der Waals surface area (Å²) in [5, 5.41) is 0.620. The smallest absolute Gasteiger partial charge is 0.416 e. The van der Waals surface area contributed by atoms with E-state index in [4.69, 9.17) is 4.74 Å². The van der Waals surface area contributed by atoms with Crippen LogP contribution >= 0.6 is 0 Å². The molecule has 0 saturated carbocycles. The first-order valence-corrected chi connectivity index (χ1v) is 7.20. The van der Waals surface area contributed by atoms with Crippen molar-refractivity contribution in [3.05, 3.63) is 65.9 Å². The Balaban J connectivity index is 1.92. The molecule has 0 saturated heterocycles. The normalized spacial score (nSPS) is 11.4. The molecule has 0 bridgehead atoms. The van der Waals surface area contributed by atoms with Crippen molar-refractivity contribution in [1.29, 1.82) is 0 Å². The lowest BCUT2D eigenvalue weighted by Crippen LogP contribution is -2.04. The van der Waals surface area contributed by atoms with E-state index in [2.05, 4.69) is 9.72 Å². The lowest BCUT2D eigenvalue weighted by molar-refractivity contribution is -0.137. The molecule has 0 aliphatic heterocycles. The van der Waals surface area contributed by atoms with E-state index in [0.29, 0.717) is 22.2 Å². The topological polar surface area (TPSA) is 48.4 Å². The predicted octanol–water partition coefficient (Wildman–Crippen LogP) is 4.83. The molecular weight excluding hydrogens is 335 g/mol. The summed E-state index contributed by atoms with van der Waals surface area (Å²) in [6.07, 6.45) is -2.91. The van der Waals surface area contributed by atoms with Gasteiger partial charge in [0.15, 0.2) is 0 Å². The number of aromatic nitrogens is 1. The van der Waals surface area contributed by atoms with E-state index in [1.807, 2.05) is 0 Å². The van der Waals surface area contributed by atoms with Gasteiger partial charge in [-0.05, 0) is 48.5 Å². The van der Waals surface area contributed by atoms with Crippen molar-refractivity contribution in [2.45, 2.75) is 6.18 Å². The number of carbonyl (C=O) groups is 1. The number of methoxy groups -OCH3 is 1. The van der Waals surface area contributed by atoms with Gasteiger partial charge >= 0.3 is 12.1 Å². The van der Waals surface area contributed by atoms with Gasteiger partial charge in [0.2, 0.25) is 0 Å². The summed E-state index contributed by atoms with van der Waals surface area (Å²) in [6.45, 7) is 0. The molecule has 4 nitrogen and oxygen atoms in total. The summed E-state index contributed by atoms with van der Waals surface area (Å²) in [4.78, 5) is 15.7. The molecular formula is C18H12F3NO3. The van der Waals surface area contributed by atoms with Gasteiger partial charge in [-0.1, -0.05) is 0 Å². The van der Waals surface area contributed by atoms with Crippen LogP contribution in [0.15, 0.2) is 54.7 Å². The van der Waals surface area contributed by atoms with Gasteiger partial charge in [0.25, 0.3) is 0 Å². The quantitative estimate of drug-likeness (QED) is 0.637. The molecule has 0 radical (unpaired) electrons. The third-order valence-corrected chi connectivity index (χ3v) is 3.53. The number of alkyl halides is 3. The van der Waals surface area contributed by atoms with Crippen LogP contribution in [-0.2, 0) is 10.9 Å². The summed E-state index contributed by atoms with van der Waals surface area (Å²) in [7, 11) is 1.28. The Bertz CT molecular complexity index is 921. The molecule has 0 unspecified atom stereocenters. The van der Waals surface area contributed by atoms with E-state index >= 15 is 0 Å². The van der Waals surface area contributed by atoms with Crippen molar-refractivity contribution >= 4 is 16.9 Å². The fourth-order valence-electron chi connectivity index (χ4n) is 2.29. The Kier molecular flexibility index (Phi) is 4.31. The van der Waals surface area contributed by atoms with Crippen LogP contribution in [0.1, 0.15) is 15.9 Å². The highest BCUT2D eigenvalue weighted by Crippen LogP contribution is 2.33. The molecule has 0 amide bonds. The molecule has 0 atom stereocenters. The summed E-state index contributed by atoms with van der Waals surface area (Å²) < 4.78 is 48.1. The molecule has 0 fully saturated rings. The van der Waals surface area contributed by atoms with Crippen molar-refractivity contribution in [2.24, 2.45) is 0 Å². The zero-order valence-corrected chi connectivity index (χ0v) is 13.0. The van der Waals surface area contributed by atoms with Crippen LogP contribution in [-0.4, -0.2) is 18.1 Å². The zero-order chi connectivity index (χ0) is 18.0. The van der Waals surface area contributed by atoms with Crippen molar-refractivity contribution in [2.75, 3.05) is 7.11 Å². The SMILES string of the molecule is COC(=O)c1ccc2c(Oc3ccc(C(F)(F)F)cc3)ccnc2c1. The molecule has 1 heterocycles. The molecule has 1 aromatic heterocycles. The first-order valence-electron chi connectivity index (χ1n) is 7.20. The highest BCUT2D eigenvalue weighted by atomic mass is 19.4. The molecule has 7 heteroatoms. The Morgan fingerprint density at radius 3 is 2.40 bits per heavy atom. The van der Waals surface area contributed by atoms with Gasteiger partial charge < -0.3 is 9.47 Å². The maximum Gasteiger partial charge on any atom is 0.416 e. The molecule has 25 heavy (non-hydrogen) atoms. The second-order valence-electron chi connectivity index (χ2n) is 5.16. The lowest BCUT2D eigenvalue weighted by atomic mass is 10.1. The van der Waals surface area contributed by atoms with Crippen LogP contribution in [0.2, 0.25) is 0 Å². The minimum atomic E-state index is -4.40. The Hall–Kier alpha value is -3.09. The molecule has 0 aliphatic carbocycles. The van der Waals surface area contributed by atoms with Gasteiger partial charge in [-0.15, -0.1) is 0 Å². The molecule has 2 aromatic carbocycles. The number of rotatable bonds is 3. The van der Waals surface area contributed by atoms with E-state index in [-0.39, 0.29) is 5.75 Å². The minimum Gasteiger partial charge on any atom is -0.465 e. The lowest BCUT2D eigenvalue weighted by Gasteiger charge is -2.11. The van der Waals surface area contributed by atoms with Crippen LogP contribution in [0.3, 0.4) is 0 Å². The second-order valence-corrected chi connectivity index (χ2v) is 5.16. The second kappa shape index (κ2) is 6.43. The Morgan fingerprint density at radius 2 is 1.76 bits per heavy atom. The van der Waals surface area contributed by atoms with Gasteiger partial charge in [-0.25, -0.2) is 4.79 Å². The number of fused-ring (bicyclic) bond motifs is 1. The number of hydrogen-bond donors (Lipinski definition) is 0. The number of benzene rings is 2. The predicted molar refractivity (Wildman–Crippen MR) is 84.6 cm³/mol. The maximum atomic E-state index is 12.6. The standard InChI is InChI=1S/C18H12F3NO3/c1-24-17(23)11-2-7-14-15(10-11)22-9-8-16(14)25-13-5-3-12(4-6-13)18(19,20)21/h2-10H,1H3. The molecule has 0 aliphatic rings. The highest BCUT2D eigenvalue weighted by molar-refractivity contribution is 5.95. The molecule has 0 spiro atoms. The number of hydrogen-bond acceptors (Lipinski definition) is 4. The van der Waals surface area contributed by atoms with E-state index in [1.54, 1.807) is 24.3 Å². The minimum absolute atomic E-state index is 0.262. The van der Waals surface area contributed by atoms with Crippen LogP contribution < -0.4 is 4.74 Å². The highest BCUT2D eigenvalue weighted by Gasteiger charge is 2.30. The summed E-state index contributed by atoms with van der Waals surface area (Å²) in [5.41, 5.74) is 0.101. The van der Waals surface area contributed by atoms with Crippen molar-refractivity contribution in [1.82, 2.24) is 4.98 Å². The number of carbonyl (C=O) groups excluding carboxylic acids is 1. The number of nitrogens with zero attached hydrogens (tertiary/aromatic N) is 1. The monoisotopic (exact) mass is 347 g/mol. The van der Waals surface area contributed by atoms with Gasteiger partial charge in [-0.2, -0.15) is 13.2 Å². The number of esters is 1. The largest absolute Gasteiger partial charge is 0.465 e. The average Bonchev–Trinajstić information content (AvgIpc) is 2.60. The average molecular weight is 347 g/mol.